The highest BCUT2D eigenvalue weighted by atomic mass is 16.4. The molecular formula is C16H20N4O4. The minimum absolute atomic E-state index is 0.00464. The van der Waals surface area contributed by atoms with Crippen molar-refractivity contribution < 1.29 is 18.8 Å². The van der Waals surface area contributed by atoms with Crippen molar-refractivity contribution in [1.82, 2.24) is 9.99 Å². The second-order valence-electron chi connectivity index (χ2n) is 6.54. The lowest BCUT2D eigenvalue weighted by Crippen LogP contribution is -2.34. The maximum Gasteiger partial charge on any atom is 0.302 e. The van der Waals surface area contributed by atoms with E-state index in [9.17, 15) is 14.4 Å². The summed E-state index contributed by atoms with van der Waals surface area (Å²) in [5, 5.41) is 7.62. The average Bonchev–Trinajstić information content (AvgIpc) is 2.92. The SMILES string of the molecule is CC(C)C1CC(=O)c2nc(NC(=O)C3=NN(C)C(=O)CC3)oc2C1. The Labute approximate surface area is 139 Å². The van der Waals surface area contributed by atoms with Crippen LogP contribution in [0, 0.1) is 11.8 Å². The molecule has 1 N–H and O–H groups in total. The normalized spacial score (nSPS) is 20.9. The molecule has 3 rings (SSSR count). The second kappa shape index (κ2) is 6.18. The van der Waals surface area contributed by atoms with Gasteiger partial charge in [0.15, 0.2) is 5.78 Å². The zero-order chi connectivity index (χ0) is 17.4. The van der Waals surface area contributed by atoms with E-state index >= 15 is 0 Å². The molecule has 2 amide bonds. The summed E-state index contributed by atoms with van der Waals surface area (Å²) in [6, 6.07) is 0.00464. The quantitative estimate of drug-likeness (QED) is 0.905. The molecule has 1 aromatic heterocycles. The van der Waals surface area contributed by atoms with Crippen molar-refractivity contribution in [1.29, 1.82) is 0 Å². The molecule has 1 aromatic rings. The monoisotopic (exact) mass is 332 g/mol. The predicted octanol–water partition coefficient (Wildman–Crippen LogP) is 1.62. The van der Waals surface area contributed by atoms with Gasteiger partial charge in [0.1, 0.15) is 17.2 Å². The number of ketones is 1. The highest BCUT2D eigenvalue weighted by Gasteiger charge is 2.32. The fourth-order valence-electron chi connectivity index (χ4n) is 2.88. The van der Waals surface area contributed by atoms with Crippen molar-refractivity contribution in [3.8, 4) is 0 Å². The molecule has 0 radical (unpaired) electrons. The molecule has 1 aliphatic carbocycles. The van der Waals surface area contributed by atoms with E-state index in [1.165, 1.54) is 7.05 Å². The van der Waals surface area contributed by atoms with Gasteiger partial charge in [0.25, 0.3) is 5.91 Å². The van der Waals surface area contributed by atoms with Crippen LogP contribution >= 0.6 is 0 Å². The van der Waals surface area contributed by atoms with Crippen LogP contribution in [0.3, 0.4) is 0 Å². The van der Waals surface area contributed by atoms with Crippen LogP contribution in [0.4, 0.5) is 6.01 Å². The summed E-state index contributed by atoms with van der Waals surface area (Å²) in [6.45, 7) is 4.14. The fraction of sp³-hybridized carbons (Fsp3) is 0.562. The summed E-state index contributed by atoms with van der Waals surface area (Å²) >= 11 is 0. The molecule has 0 aromatic carbocycles. The summed E-state index contributed by atoms with van der Waals surface area (Å²) in [5.74, 6) is 0.459. The lowest BCUT2D eigenvalue weighted by atomic mass is 9.82. The number of carbonyl (C=O) groups is 3. The molecule has 24 heavy (non-hydrogen) atoms. The van der Waals surface area contributed by atoms with Crippen LogP contribution in [-0.4, -0.2) is 40.3 Å². The van der Waals surface area contributed by atoms with E-state index in [4.69, 9.17) is 4.42 Å². The lowest BCUT2D eigenvalue weighted by Gasteiger charge is -2.22. The van der Waals surface area contributed by atoms with Crippen LogP contribution in [0.2, 0.25) is 0 Å². The number of carbonyl (C=O) groups excluding carboxylic acids is 3. The van der Waals surface area contributed by atoms with E-state index in [2.05, 4.69) is 29.2 Å². The number of oxazole rings is 1. The molecule has 0 spiro atoms. The van der Waals surface area contributed by atoms with Crippen molar-refractivity contribution in [2.45, 2.75) is 39.5 Å². The molecule has 8 heteroatoms. The number of Topliss-reactive ketones (excluding diaryl/α,β-unsaturated/α-hetero) is 1. The molecule has 0 saturated heterocycles. The number of hydrogen-bond acceptors (Lipinski definition) is 6. The van der Waals surface area contributed by atoms with Gasteiger partial charge in [-0.25, -0.2) is 5.01 Å². The van der Waals surface area contributed by atoms with Crippen molar-refractivity contribution in [3.63, 3.8) is 0 Å². The first kappa shape index (κ1) is 16.4. The van der Waals surface area contributed by atoms with Crippen molar-refractivity contribution in [2.24, 2.45) is 16.9 Å². The number of rotatable bonds is 3. The number of aromatic nitrogens is 1. The highest BCUT2D eigenvalue weighted by molar-refractivity contribution is 6.43. The number of hydrogen-bond donors (Lipinski definition) is 1. The lowest BCUT2D eigenvalue weighted by molar-refractivity contribution is -0.130. The van der Waals surface area contributed by atoms with Gasteiger partial charge in [-0.2, -0.15) is 10.1 Å². The van der Waals surface area contributed by atoms with E-state index < -0.39 is 5.91 Å². The number of nitrogens with zero attached hydrogens (tertiary/aromatic N) is 3. The number of amides is 2. The standard InChI is InChI=1S/C16H20N4O4/c1-8(2)9-6-11(21)14-12(7-9)24-16(17-14)18-15(23)10-4-5-13(22)20(3)19-10/h8-9H,4-7H2,1-3H3,(H,17,18,23). The second-order valence-corrected chi connectivity index (χ2v) is 6.54. The van der Waals surface area contributed by atoms with Gasteiger partial charge in [-0.05, 0) is 11.8 Å². The molecule has 0 saturated carbocycles. The molecule has 1 atom stereocenters. The molecule has 8 nitrogen and oxygen atoms in total. The molecule has 128 valence electrons. The Bertz CT molecular complexity index is 734. The summed E-state index contributed by atoms with van der Waals surface area (Å²) in [4.78, 5) is 39.9. The zero-order valence-corrected chi connectivity index (χ0v) is 14.0. The van der Waals surface area contributed by atoms with Crippen LogP contribution in [0.25, 0.3) is 0 Å². The van der Waals surface area contributed by atoms with Crippen molar-refractivity contribution in [3.05, 3.63) is 11.5 Å². The molecule has 1 unspecified atom stereocenters. The predicted molar refractivity (Wildman–Crippen MR) is 85.6 cm³/mol. The van der Waals surface area contributed by atoms with Gasteiger partial charge < -0.3 is 4.42 Å². The van der Waals surface area contributed by atoms with Crippen LogP contribution in [0.5, 0.6) is 0 Å². The Morgan fingerprint density at radius 1 is 1.29 bits per heavy atom. The van der Waals surface area contributed by atoms with Crippen LogP contribution in [-0.2, 0) is 16.0 Å². The Kier molecular flexibility index (Phi) is 4.21. The van der Waals surface area contributed by atoms with Crippen molar-refractivity contribution in [2.75, 3.05) is 12.4 Å². The largest absolute Gasteiger partial charge is 0.428 e. The number of anilines is 1. The first-order valence-electron chi connectivity index (χ1n) is 8.03. The minimum atomic E-state index is -0.471. The van der Waals surface area contributed by atoms with Crippen LogP contribution in [0.1, 0.15) is 49.4 Å². The van der Waals surface area contributed by atoms with E-state index in [0.717, 1.165) is 5.01 Å². The number of nitrogens with one attached hydrogen (secondary N) is 1. The Morgan fingerprint density at radius 2 is 2.04 bits per heavy atom. The van der Waals surface area contributed by atoms with E-state index in [1.807, 2.05) is 0 Å². The van der Waals surface area contributed by atoms with E-state index in [0.29, 0.717) is 30.2 Å². The molecule has 1 aliphatic heterocycles. The highest BCUT2D eigenvalue weighted by Crippen LogP contribution is 2.31. The van der Waals surface area contributed by atoms with Gasteiger partial charge in [0.2, 0.25) is 5.91 Å². The van der Waals surface area contributed by atoms with Gasteiger partial charge in [-0.1, -0.05) is 13.8 Å². The van der Waals surface area contributed by atoms with Gasteiger partial charge in [0, 0.05) is 32.7 Å². The zero-order valence-electron chi connectivity index (χ0n) is 14.0. The van der Waals surface area contributed by atoms with Gasteiger partial charge in [-0.15, -0.1) is 0 Å². The van der Waals surface area contributed by atoms with Crippen LogP contribution in [0.15, 0.2) is 9.52 Å². The maximum absolute atomic E-state index is 12.2. The molecule has 0 fully saturated rings. The molecular weight excluding hydrogens is 312 g/mol. The molecule has 0 bridgehead atoms. The van der Waals surface area contributed by atoms with Gasteiger partial charge in [-0.3, -0.25) is 19.7 Å². The molecule has 2 heterocycles. The summed E-state index contributed by atoms with van der Waals surface area (Å²) in [7, 11) is 1.50. The first-order valence-corrected chi connectivity index (χ1v) is 8.03. The topological polar surface area (TPSA) is 105 Å². The number of hydrazone groups is 1. The fourth-order valence-corrected chi connectivity index (χ4v) is 2.88. The Balaban J connectivity index is 1.75. The third-order valence-electron chi connectivity index (χ3n) is 4.49. The minimum Gasteiger partial charge on any atom is -0.428 e. The summed E-state index contributed by atoms with van der Waals surface area (Å²) in [6.07, 6.45) is 1.59. The third-order valence-corrected chi connectivity index (χ3v) is 4.49. The Hall–Kier alpha value is -2.51. The Morgan fingerprint density at radius 3 is 2.71 bits per heavy atom. The van der Waals surface area contributed by atoms with E-state index in [1.54, 1.807) is 0 Å². The number of fused-ring (bicyclic) bond motifs is 1. The molecule has 2 aliphatic rings. The van der Waals surface area contributed by atoms with Gasteiger partial charge >= 0.3 is 6.01 Å². The maximum atomic E-state index is 12.2. The summed E-state index contributed by atoms with van der Waals surface area (Å²) < 4.78 is 5.57. The summed E-state index contributed by atoms with van der Waals surface area (Å²) in [5.41, 5.74) is 0.541. The van der Waals surface area contributed by atoms with Crippen molar-refractivity contribution >= 4 is 29.3 Å². The van der Waals surface area contributed by atoms with Gasteiger partial charge in [0.05, 0.1) is 0 Å². The third kappa shape index (κ3) is 3.08. The van der Waals surface area contributed by atoms with Crippen LogP contribution < -0.4 is 5.32 Å². The van der Waals surface area contributed by atoms with E-state index in [-0.39, 0.29) is 42.2 Å². The first-order chi connectivity index (χ1) is 11.3. The average molecular weight is 332 g/mol. The smallest absolute Gasteiger partial charge is 0.302 e.